The van der Waals surface area contributed by atoms with Crippen molar-refractivity contribution in [1.29, 1.82) is 0 Å². The molecule has 3 heteroatoms. The Bertz CT molecular complexity index is 818. The lowest BCUT2D eigenvalue weighted by Crippen LogP contribution is -1.93. The number of aryl methyl sites for hydroxylation is 1. The van der Waals surface area contributed by atoms with Crippen molar-refractivity contribution in [3.63, 3.8) is 0 Å². The van der Waals surface area contributed by atoms with Crippen LogP contribution in [0.25, 0.3) is 16.7 Å². The largest absolute Gasteiger partial charge is 0.256 e. The van der Waals surface area contributed by atoms with Crippen LogP contribution in [0, 0.1) is 24.5 Å². The number of hydrogen-bond acceptors (Lipinski definition) is 1. The summed E-state index contributed by atoms with van der Waals surface area (Å²) in [6.07, 6.45) is 7.45. The number of nitrogens with zero attached hydrogens (tertiary/aromatic N) is 1. The van der Waals surface area contributed by atoms with Crippen molar-refractivity contribution in [2.24, 2.45) is 5.92 Å². The Balaban J connectivity index is 0. The highest BCUT2D eigenvalue weighted by atomic mass is 19.2. The highest BCUT2D eigenvalue weighted by molar-refractivity contribution is 5.68. The molecule has 0 atom stereocenters. The van der Waals surface area contributed by atoms with Crippen molar-refractivity contribution in [1.82, 2.24) is 4.98 Å². The molecule has 2 aromatic rings. The molecular formula is C29H45F2N. The van der Waals surface area contributed by atoms with Crippen molar-refractivity contribution >= 4 is 5.57 Å². The molecule has 0 bridgehead atoms. The van der Waals surface area contributed by atoms with Crippen LogP contribution in [0.15, 0.2) is 48.7 Å². The number of hydrogen-bond donors (Lipinski definition) is 0. The molecule has 32 heavy (non-hydrogen) atoms. The average Bonchev–Trinajstić information content (AvgIpc) is 2.81. The topological polar surface area (TPSA) is 12.9 Å². The highest BCUT2D eigenvalue weighted by Crippen LogP contribution is 2.25. The molecule has 180 valence electrons. The molecule has 0 aliphatic carbocycles. The third kappa shape index (κ3) is 12.5. The lowest BCUT2D eigenvalue weighted by molar-refractivity contribution is 0.509. The van der Waals surface area contributed by atoms with Gasteiger partial charge in [-0.25, -0.2) is 8.78 Å². The fourth-order valence-electron chi connectivity index (χ4n) is 2.25. The third-order valence-corrected chi connectivity index (χ3v) is 5.14. The summed E-state index contributed by atoms with van der Waals surface area (Å²) < 4.78 is 26.1. The van der Waals surface area contributed by atoms with Gasteiger partial charge in [-0.15, -0.1) is 6.58 Å². The molecule has 0 unspecified atom stereocenters. The minimum absolute atomic E-state index is 0.624. The molecule has 0 aliphatic rings. The number of halogens is 2. The standard InChI is InChI=1S/C16H15F2N.C6H14.C5H10.C2H6/c1-4-10(2)16-11(3)7-13(9-19-16)12-5-6-14(17)15(18)8-12;1-4-6(3)5-2;1-4-5(2)3;1-2/h4-9H,1-3H3;6H,4-5H2,1-3H3;2,4H2,1,3H3;1-2H3/b10-4-;;;. The van der Waals surface area contributed by atoms with E-state index < -0.39 is 11.6 Å². The summed E-state index contributed by atoms with van der Waals surface area (Å²) in [5.74, 6) is -0.747. The van der Waals surface area contributed by atoms with Crippen molar-refractivity contribution < 1.29 is 8.78 Å². The van der Waals surface area contributed by atoms with E-state index in [9.17, 15) is 8.78 Å². The first-order valence-corrected chi connectivity index (χ1v) is 11.8. The molecule has 0 aliphatic heterocycles. The van der Waals surface area contributed by atoms with Gasteiger partial charge >= 0.3 is 0 Å². The molecule has 0 fully saturated rings. The molecule has 0 N–H and O–H groups in total. The summed E-state index contributed by atoms with van der Waals surface area (Å²) in [6.45, 7) is 24.4. The number of allylic oxidation sites excluding steroid dienone is 3. The normalized spacial score (nSPS) is 10.2. The third-order valence-electron chi connectivity index (χ3n) is 5.14. The van der Waals surface area contributed by atoms with Crippen LogP contribution in [-0.2, 0) is 0 Å². The van der Waals surface area contributed by atoms with Gasteiger partial charge in [-0.3, -0.25) is 4.98 Å². The van der Waals surface area contributed by atoms with Crippen LogP contribution in [0.3, 0.4) is 0 Å². The first-order valence-electron chi connectivity index (χ1n) is 11.8. The van der Waals surface area contributed by atoms with E-state index in [1.54, 1.807) is 12.3 Å². The van der Waals surface area contributed by atoms with Gasteiger partial charge in [0, 0.05) is 11.8 Å². The molecule has 0 radical (unpaired) electrons. The maximum absolute atomic E-state index is 13.2. The van der Waals surface area contributed by atoms with Gasteiger partial charge in [0.1, 0.15) is 0 Å². The van der Waals surface area contributed by atoms with Crippen LogP contribution >= 0.6 is 0 Å². The van der Waals surface area contributed by atoms with Crippen LogP contribution in [0.1, 0.15) is 92.8 Å². The minimum atomic E-state index is -0.844. The van der Waals surface area contributed by atoms with Gasteiger partial charge in [0.2, 0.25) is 0 Å². The van der Waals surface area contributed by atoms with E-state index >= 15 is 0 Å². The van der Waals surface area contributed by atoms with Crippen LogP contribution in [0.4, 0.5) is 8.78 Å². The van der Waals surface area contributed by atoms with Crippen molar-refractivity contribution in [3.05, 3.63) is 71.6 Å². The zero-order valence-corrected chi connectivity index (χ0v) is 22.1. The molecule has 1 nitrogen and oxygen atoms in total. The Morgan fingerprint density at radius 1 is 1.00 bits per heavy atom. The fourth-order valence-corrected chi connectivity index (χ4v) is 2.25. The predicted octanol–water partition coefficient (Wildman–Crippen LogP) is 10.2. The lowest BCUT2D eigenvalue weighted by atomic mass is 10.0. The summed E-state index contributed by atoms with van der Waals surface area (Å²) in [6, 6.07) is 5.80. The van der Waals surface area contributed by atoms with Gasteiger partial charge in [-0.1, -0.05) is 72.1 Å². The first kappa shape index (κ1) is 31.9. The van der Waals surface area contributed by atoms with Crippen molar-refractivity contribution in [2.45, 2.75) is 88.5 Å². The van der Waals surface area contributed by atoms with E-state index in [-0.39, 0.29) is 0 Å². The summed E-state index contributed by atoms with van der Waals surface area (Å²) >= 11 is 0. The zero-order chi connectivity index (χ0) is 25.3. The Kier molecular flexibility index (Phi) is 18.2. The van der Waals surface area contributed by atoms with Crippen LogP contribution < -0.4 is 0 Å². The Hall–Kier alpha value is -2.29. The number of pyridine rings is 1. The molecule has 0 spiro atoms. The maximum atomic E-state index is 13.2. The minimum Gasteiger partial charge on any atom is -0.256 e. The SMILES string of the molecule is C/C=C(/C)c1ncc(-c2ccc(F)c(F)c2)cc1C.C=C(C)CC.CC.CCC(C)CC. The molecule has 1 aromatic carbocycles. The van der Waals surface area contributed by atoms with Crippen molar-refractivity contribution in [3.8, 4) is 11.1 Å². The average molecular weight is 446 g/mol. The molecular weight excluding hydrogens is 400 g/mol. The van der Waals surface area contributed by atoms with E-state index in [4.69, 9.17) is 0 Å². The van der Waals surface area contributed by atoms with Gasteiger partial charge in [0.05, 0.1) is 5.69 Å². The second-order valence-corrected chi connectivity index (χ2v) is 7.72. The second kappa shape index (κ2) is 18.3. The van der Waals surface area contributed by atoms with Crippen LogP contribution in [0.5, 0.6) is 0 Å². The molecule has 0 saturated heterocycles. The Morgan fingerprint density at radius 2 is 1.53 bits per heavy atom. The van der Waals surface area contributed by atoms with Gasteiger partial charge in [0.25, 0.3) is 0 Å². The molecule has 1 heterocycles. The molecule has 0 saturated carbocycles. The van der Waals surface area contributed by atoms with Gasteiger partial charge < -0.3 is 0 Å². The monoisotopic (exact) mass is 445 g/mol. The van der Waals surface area contributed by atoms with Crippen molar-refractivity contribution in [2.75, 3.05) is 0 Å². The smallest absolute Gasteiger partial charge is 0.159 e. The van der Waals surface area contributed by atoms with Gasteiger partial charge in [-0.05, 0) is 74.9 Å². The zero-order valence-electron chi connectivity index (χ0n) is 22.1. The number of aromatic nitrogens is 1. The quantitative estimate of drug-likeness (QED) is 0.417. The number of benzene rings is 1. The Labute approximate surface area is 196 Å². The fraction of sp³-hybridized carbons (Fsp3) is 0.483. The van der Waals surface area contributed by atoms with Crippen LogP contribution in [-0.4, -0.2) is 4.98 Å². The number of rotatable bonds is 5. The van der Waals surface area contributed by atoms with Crippen LogP contribution in [0.2, 0.25) is 0 Å². The highest BCUT2D eigenvalue weighted by Gasteiger charge is 2.08. The van der Waals surface area contributed by atoms with Gasteiger partial charge in [-0.2, -0.15) is 0 Å². The van der Waals surface area contributed by atoms with E-state index in [0.29, 0.717) is 5.56 Å². The lowest BCUT2D eigenvalue weighted by Gasteiger charge is -2.08. The molecule has 0 amide bonds. The second-order valence-electron chi connectivity index (χ2n) is 7.72. The first-order chi connectivity index (χ1) is 15.1. The predicted molar refractivity (Wildman–Crippen MR) is 140 cm³/mol. The summed E-state index contributed by atoms with van der Waals surface area (Å²) in [7, 11) is 0. The summed E-state index contributed by atoms with van der Waals surface area (Å²) in [5, 5.41) is 0. The molecule has 2 rings (SSSR count). The van der Waals surface area contributed by atoms with E-state index in [2.05, 4.69) is 39.3 Å². The molecule has 1 aromatic heterocycles. The summed E-state index contributed by atoms with van der Waals surface area (Å²) in [5.41, 5.74) is 5.69. The maximum Gasteiger partial charge on any atom is 0.159 e. The van der Waals surface area contributed by atoms with E-state index in [1.807, 2.05) is 53.7 Å². The van der Waals surface area contributed by atoms with E-state index in [1.165, 1.54) is 24.5 Å². The van der Waals surface area contributed by atoms with E-state index in [0.717, 1.165) is 40.8 Å². The Morgan fingerprint density at radius 3 is 1.88 bits per heavy atom. The summed E-state index contributed by atoms with van der Waals surface area (Å²) in [4.78, 5) is 4.39. The van der Waals surface area contributed by atoms with Gasteiger partial charge in [0.15, 0.2) is 11.6 Å².